The maximum absolute atomic E-state index is 5.48. The fourth-order valence-corrected chi connectivity index (χ4v) is 2.35. The van der Waals surface area contributed by atoms with Crippen LogP contribution in [0.2, 0.25) is 0 Å². The van der Waals surface area contributed by atoms with Crippen molar-refractivity contribution in [2.24, 2.45) is 0 Å². The molecule has 0 aliphatic carbocycles. The molecule has 0 amide bonds. The lowest BCUT2D eigenvalue weighted by Gasteiger charge is -2.02. The average molecular weight is 288 g/mol. The van der Waals surface area contributed by atoms with E-state index in [-0.39, 0.29) is 0 Å². The summed E-state index contributed by atoms with van der Waals surface area (Å²) < 4.78 is 10.9. The Morgan fingerprint density at radius 1 is 0.727 bits per heavy atom. The average Bonchev–Trinajstić information content (AvgIpc) is 3.28. The summed E-state index contributed by atoms with van der Waals surface area (Å²) in [6, 6.07) is 21.3. The highest BCUT2D eigenvalue weighted by atomic mass is 16.5. The van der Waals surface area contributed by atoms with E-state index in [1.807, 2.05) is 66.7 Å². The maximum Gasteiger partial charge on any atom is 0.258 e. The van der Waals surface area contributed by atoms with Crippen LogP contribution in [0.5, 0.6) is 0 Å². The van der Waals surface area contributed by atoms with Crippen molar-refractivity contribution in [2.45, 2.75) is 0 Å². The summed E-state index contributed by atoms with van der Waals surface area (Å²) in [7, 11) is 0. The van der Waals surface area contributed by atoms with Gasteiger partial charge in [0.2, 0.25) is 5.82 Å². The third-order valence-electron chi connectivity index (χ3n) is 3.40. The second kappa shape index (κ2) is 5.33. The maximum atomic E-state index is 5.48. The molecule has 0 aliphatic heterocycles. The minimum atomic E-state index is 0.478. The van der Waals surface area contributed by atoms with Crippen LogP contribution in [-0.2, 0) is 0 Å². The van der Waals surface area contributed by atoms with Crippen molar-refractivity contribution in [1.29, 1.82) is 0 Å². The van der Waals surface area contributed by atoms with Crippen molar-refractivity contribution in [2.75, 3.05) is 0 Å². The van der Waals surface area contributed by atoms with E-state index >= 15 is 0 Å². The van der Waals surface area contributed by atoms with Gasteiger partial charge in [-0.1, -0.05) is 53.7 Å². The number of hydrogen-bond acceptors (Lipinski definition) is 4. The highest BCUT2D eigenvalue weighted by Gasteiger charge is 2.15. The molecule has 2 aromatic carbocycles. The molecule has 4 rings (SSSR count). The Morgan fingerprint density at radius 2 is 1.50 bits per heavy atom. The number of aromatic nitrogens is 2. The molecule has 4 heteroatoms. The van der Waals surface area contributed by atoms with E-state index in [9.17, 15) is 0 Å². The van der Waals surface area contributed by atoms with E-state index in [0.29, 0.717) is 11.7 Å². The monoisotopic (exact) mass is 288 g/mol. The van der Waals surface area contributed by atoms with Crippen LogP contribution >= 0.6 is 0 Å². The predicted molar refractivity (Wildman–Crippen MR) is 82.9 cm³/mol. The lowest BCUT2D eigenvalue weighted by Crippen LogP contribution is -1.84. The molecule has 2 aromatic heterocycles. The van der Waals surface area contributed by atoms with Gasteiger partial charge in [0.05, 0.1) is 11.8 Å². The molecule has 22 heavy (non-hydrogen) atoms. The summed E-state index contributed by atoms with van der Waals surface area (Å²) in [5.74, 6) is 1.82. The third-order valence-corrected chi connectivity index (χ3v) is 3.40. The first kappa shape index (κ1) is 12.6. The topological polar surface area (TPSA) is 52.1 Å². The molecule has 0 unspecified atom stereocenters. The van der Waals surface area contributed by atoms with E-state index in [0.717, 1.165) is 22.5 Å². The van der Waals surface area contributed by atoms with Gasteiger partial charge in [-0.2, -0.15) is 4.98 Å². The summed E-state index contributed by atoms with van der Waals surface area (Å²) in [4.78, 5) is 4.50. The first-order valence-corrected chi connectivity index (χ1v) is 6.94. The quantitative estimate of drug-likeness (QED) is 0.550. The molecule has 0 atom stereocenters. The zero-order valence-electron chi connectivity index (χ0n) is 11.6. The van der Waals surface area contributed by atoms with Crippen LogP contribution < -0.4 is 0 Å². The lowest BCUT2D eigenvalue weighted by molar-refractivity contribution is 0.432. The molecule has 2 heterocycles. The minimum Gasteiger partial charge on any atom is -0.464 e. The molecule has 0 aliphatic rings. The third kappa shape index (κ3) is 2.20. The Bertz CT molecular complexity index is 880. The number of benzene rings is 2. The van der Waals surface area contributed by atoms with Gasteiger partial charge in [-0.05, 0) is 18.2 Å². The molecule has 106 valence electrons. The van der Waals surface area contributed by atoms with Gasteiger partial charge in [-0.25, -0.2) is 0 Å². The van der Waals surface area contributed by atoms with Gasteiger partial charge in [0.15, 0.2) is 0 Å². The number of rotatable bonds is 3. The van der Waals surface area contributed by atoms with Crippen LogP contribution in [0.1, 0.15) is 0 Å². The van der Waals surface area contributed by atoms with Crippen molar-refractivity contribution in [1.82, 2.24) is 10.1 Å². The lowest BCUT2D eigenvalue weighted by atomic mass is 10.1. The Balaban J connectivity index is 1.80. The molecule has 0 bridgehead atoms. The smallest absolute Gasteiger partial charge is 0.258 e. The van der Waals surface area contributed by atoms with E-state index in [4.69, 9.17) is 8.94 Å². The molecule has 4 aromatic rings. The largest absolute Gasteiger partial charge is 0.464 e. The van der Waals surface area contributed by atoms with Crippen molar-refractivity contribution in [3.8, 4) is 34.2 Å². The normalized spacial score (nSPS) is 10.7. The number of hydrogen-bond donors (Lipinski definition) is 0. The van der Waals surface area contributed by atoms with Crippen molar-refractivity contribution in [3.05, 3.63) is 73.0 Å². The van der Waals surface area contributed by atoms with Crippen LogP contribution in [-0.4, -0.2) is 10.1 Å². The number of nitrogens with zero attached hydrogens (tertiary/aromatic N) is 2. The summed E-state index contributed by atoms with van der Waals surface area (Å²) in [6.07, 6.45) is 1.65. The minimum absolute atomic E-state index is 0.478. The second-order valence-electron chi connectivity index (χ2n) is 4.81. The van der Waals surface area contributed by atoms with Gasteiger partial charge in [0.25, 0.3) is 5.89 Å². The first-order chi connectivity index (χ1) is 10.9. The van der Waals surface area contributed by atoms with Crippen molar-refractivity contribution < 1.29 is 8.94 Å². The predicted octanol–water partition coefficient (Wildman–Crippen LogP) is 4.66. The Labute approximate surface area is 127 Å². The summed E-state index contributed by atoms with van der Waals surface area (Å²) in [5, 5.41) is 4.07. The Morgan fingerprint density at radius 3 is 2.27 bits per heavy atom. The van der Waals surface area contributed by atoms with Gasteiger partial charge in [0.1, 0.15) is 5.76 Å². The number of furan rings is 1. The summed E-state index contributed by atoms with van der Waals surface area (Å²) in [5.41, 5.74) is 2.70. The highest BCUT2D eigenvalue weighted by molar-refractivity contribution is 5.77. The summed E-state index contributed by atoms with van der Waals surface area (Å²) >= 11 is 0. The van der Waals surface area contributed by atoms with Crippen molar-refractivity contribution >= 4 is 0 Å². The van der Waals surface area contributed by atoms with E-state index < -0.39 is 0 Å². The van der Waals surface area contributed by atoms with Crippen LogP contribution in [0, 0.1) is 0 Å². The molecule has 0 fully saturated rings. The van der Waals surface area contributed by atoms with Gasteiger partial charge >= 0.3 is 0 Å². The molecule has 0 saturated carbocycles. The van der Waals surface area contributed by atoms with Crippen LogP contribution in [0.4, 0.5) is 0 Å². The molecule has 0 saturated heterocycles. The van der Waals surface area contributed by atoms with E-state index in [1.54, 1.807) is 6.26 Å². The zero-order chi connectivity index (χ0) is 14.8. The Hall–Kier alpha value is -3.14. The molecule has 4 nitrogen and oxygen atoms in total. The standard InChI is InChI=1S/C18H12N2O2/c1-2-7-13(8-3-1)17-19-18(22-20-17)15-10-5-4-9-14(15)16-11-6-12-21-16/h1-12H. The molecule has 0 radical (unpaired) electrons. The van der Waals surface area contributed by atoms with Crippen LogP contribution in [0.3, 0.4) is 0 Å². The van der Waals surface area contributed by atoms with Gasteiger partial charge in [-0.15, -0.1) is 0 Å². The molecule has 0 N–H and O–H groups in total. The van der Waals surface area contributed by atoms with Crippen molar-refractivity contribution in [3.63, 3.8) is 0 Å². The summed E-state index contributed by atoms with van der Waals surface area (Å²) in [6.45, 7) is 0. The Kier molecular flexibility index (Phi) is 3.05. The molecular formula is C18H12N2O2. The van der Waals surface area contributed by atoms with E-state index in [2.05, 4.69) is 10.1 Å². The van der Waals surface area contributed by atoms with Crippen LogP contribution in [0.15, 0.2) is 81.9 Å². The highest BCUT2D eigenvalue weighted by Crippen LogP contribution is 2.32. The zero-order valence-corrected chi connectivity index (χ0v) is 11.6. The fraction of sp³-hybridized carbons (Fsp3) is 0. The molecule has 0 spiro atoms. The molecular weight excluding hydrogens is 276 g/mol. The van der Waals surface area contributed by atoms with Gasteiger partial charge in [0, 0.05) is 11.1 Å². The first-order valence-electron chi connectivity index (χ1n) is 6.94. The fourth-order valence-electron chi connectivity index (χ4n) is 2.35. The van der Waals surface area contributed by atoms with Crippen LogP contribution in [0.25, 0.3) is 34.2 Å². The van der Waals surface area contributed by atoms with Gasteiger partial charge < -0.3 is 8.94 Å². The SMILES string of the molecule is c1ccc(-c2noc(-c3ccccc3-c3ccco3)n2)cc1. The second-order valence-corrected chi connectivity index (χ2v) is 4.81. The van der Waals surface area contributed by atoms with Gasteiger partial charge in [-0.3, -0.25) is 0 Å². The van der Waals surface area contributed by atoms with E-state index in [1.165, 1.54) is 0 Å².